The average molecular weight is 408 g/mol. The van der Waals surface area contributed by atoms with E-state index >= 15 is 0 Å². The van der Waals surface area contributed by atoms with Crippen LogP contribution in [0.5, 0.6) is 0 Å². The number of rotatable bonds is 4. The zero-order chi connectivity index (χ0) is 20.0. The minimum atomic E-state index is -0.696. The normalized spacial score (nSPS) is 13.1. The summed E-state index contributed by atoms with van der Waals surface area (Å²) in [5, 5.41) is 7.11. The molecule has 0 fully saturated rings. The lowest BCUT2D eigenvalue weighted by Gasteiger charge is -2.17. The van der Waals surface area contributed by atoms with Crippen molar-refractivity contribution in [2.45, 2.75) is 19.9 Å². The summed E-state index contributed by atoms with van der Waals surface area (Å²) in [7, 11) is 0. The summed E-state index contributed by atoms with van der Waals surface area (Å²) in [5.74, 6) is -0.525. The first-order valence-corrected chi connectivity index (χ1v) is 9.94. The number of amides is 1. The Hall–Kier alpha value is -3.46. The smallest absolute Gasteiger partial charge is 0.437 e. The fraction of sp³-hybridized carbons (Fsp3) is 0.200. The van der Waals surface area contributed by atoms with Crippen molar-refractivity contribution in [3.8, 4) is 22.9 Å². The summed E-state index contributed by atoms with van der Waals surface area (Å²) in [6.07, 6.45) is 2.21. The molecule has 0 saturated heterocycles. The molecule has 1 aromatic carbocycles. The summed E-state index contributed by atoms with van der Waals surface area (Å²) < 4.78 is 11.3. The van der Waals surface area contributed by atoms with Crippen LogP contribution in [0.3, 0.4) is 0 Å². The Balaban J connectivity index is 1.37. The van der Waals surface area contributed by atoms with Gasteiger partial charge in [-0.15, -0.1) is 16.4 Å². The number of carbonyl (C=O) groups excluding carboxylic acids is 1. The highest BCUT2D eigenvalue weighted by Gasteiger charge is 2.26. The summed E-state index contributed by atoms with van der Waals surface area (Å²) in [6, 6.07) is 9.28. The number of anilines is 1. The van der Waals surface area contributed by atoms with Gasteiger partial charge in [0.1, 0.15) is 6.54 Å². The molecule has 8 nitrogen and oxygen atoms in total. The predicted molar refractivity (Wildman–Crippen MR) is 107 cm³/mol. The van der Waals surface area contributed by atoms with Gasteiger partial charge in [-0.3, -0.25) is 4.79 Å². The van der Waals surface area contributed by atoms with Gasteiger partial charge in [-0.1, -0.05) is 6.07 Å². The van der Waals surface area contributed by atoms with Gasteiger partial charge < -0.3 is 13.7 Å². The number of hydrogen-bond acceptors (Lipinski definition) is 7. The van der Waals surface area contributed by atoms with Crippen LogP contribution in [0, 0.1) is 6.92 Å². The molecule has 0 atom stereocenters. The lowest BCUT2D eigenvalue weighted by atomic mass is 10.1. The van der Waals surface area contributed by atoms with Crippen molar-refractivity contribution in [3.05, 3.63) is 63.1 Å². The first-order valence-electron chi connectivity index (χ1n) is 9.06. The van der Waals surface area contributed by atoms with Crippen molar-refractivity contribution in [2.75, 3.05) is 11.4 Å². The van der Waals surface area contributed by atoms with Crippen LogP contribution in [0.1, 0.15) is 10.6 Å². The van der Waals surface area contributed by atoms with Gasteiger partial charge in [0.25, 0.3) is 5.89 Å². The molecule has 1 aliphatic heterocycles. The maximum atomic E-state index is 12.8. The summed E-state index contributed by atoms with van der Waals surface area (Å²) in [4.78, 5) is 31.1. The first-order chi connectivity index (χ1) is 14.1. The minimum Gasteiger partial charge on any atom is -0.459 e. The van der Waals surface area contributed by atoms with Crippen molar-refractivity contribution in [1.29, 1.82) is 0 Å². The van der Waals surface area contributed by atoms with Crippen molar-refractivity contribution >= 4 is 22.9 Å². The van der Waals surface area contributed by atoms with Crippen LogP contribution in [0.4, 0.5) is 5.69 Å². The van der Waals surface area contributed by atoms with Crippen LogP contribution < -0.4 is 10.7 Å². The summed E-state index contributed by atoms with van der Waals surface area (Å²) in [5.41, 5.74) is 3.93. The van der Waals surface area contributed by atoms with E-state index in [1.165, 1.54) is 6.26 Å². The van der Waals surface area contributed by atoms with Gasteiger partial charge in [0.2, 0.25) is 5.91 Å². The predicted octanol–water partition coefficient (Wildman–Crippen LogP) is 3.12. The van der Waals surface area contributed by atoms with E-state index in [9.17, 15) is 9.59 Å². The number of carbonyl (C=O) groups is 1. The van der Waals surface area contributed by atoms with E-state index in [0.29, 0.717) is 12.3 Å². The zero-order valence-corrected chi connectivity index (χ0v) is 16.3. The third kappa shape index (κ3) is 3.19. The second-order valence-corrected chi connectivity index (χ2v) is 7.76. The lowest BCUT2D eigenvalue weighted by molar-refractivity contribution is -0.119. The molecule has 1 amide bonds. The Morgan fingerprint density at radius 3 is 2.97 bits per heavy atom. The largest absolute Gasteiger partial charge is 0.459 e. The monoisotopic (exact) mass is 408 g/mol. The third-order valence-electron chi connectivity index (χ3n) is 4.81. The van der Waals surface area contributed by atoms with Gasteiger partial charge in [-0.25, -0.2) is 9.78 Å². The van der Waals surface area contributed by atoms with Crippen LogP contribution >= 0.6 is 11.3 Å². The van der Waals surface area contributed by atoms with Gasteiger partial charge in [-0.2, -0.15) is 4.68 Å². The van der Waals surface area contributed by atoms with Gasteiger partial charge in [-0.05, 0) is 43.2 Å². The molecule has 5 rings (SSSR count). The highest BCUT2D eigenvalue weighted by molar-refractivity contribution is 7.09. The highest BCUT2D eigenvalue weighted by atomic mass is 32.1. The fourth-order valence-electron chi connectivity index (χ4n) is 3.44. The van der Waals surface area contributed by atoms with E-state index in [0.717, 1.165) is 38.6 Å². The van der Waals surface area contributed by atoms with E-state index in [4.69, 9.17) is 8.83 Å². The number of nitrogens with zero attached hydrogens (tertiary/aromatic N) is 4. The van der Waals surface area contributed by atoms with Crippen molar-refractivity contribution in [1.82, 2.24) is 14.8 Å². The lowest BCUT2D eigenvalue weighted by Crippen LogP contribution is -2.35. The van der Waals surface area contributed by atoms with Gasteiger partial charge in [0, 0.05) is 23.2 Å². The van der Waals surface area contributed by atoms with E-state index < -0.39 is 5.76 Å². The maximum absolute atomic E-state index is 12.8. The second kappa shape index (κ2) is 6.85. The third-order valence-corrected chi connectivity index (χ3v) is 5.59. The molecule has 3 aromatic heterocycles. The molecule has 0 saturated carbocycles. The van der Waals surface area contributed by atoms with Crippen molar-refractivity contribution in [3.63, 3.8) is 0 Å². The fourth-order valence-corrected chi connectivity index (χ4v) is 4.06. The van der Waals surface area contributed by atoms with Crippen LogP contribution in [0.2, 0.25) is 0 Å². The van der Waals surface area contributed by atoms with Gasteiger partial charge in [0.05, 0.1) is 17.0 Å². The standard InChI is InChI=1S/C20H16N4O4S/c1-12-21-15(11-29-12)13-4-5-16-14(9-13)6-7-23(16)18(25)10-24-20(26)28-19(22-24)17-3-2-8-27-17/h2-5,8-9,11H,6-7,10H2,1H3. The van der Waals surface area contributed by atoms with E-state index in [1.807, 2.05) is 24.4 Å². The van der Waals surface area contributed by atoms with E-state index in [1.54, 1.807) is 28.4 Å². The molecule has 0 aliphatic carbocycles. The van der Waals surface area contributed by atoms with Crippen LogP contribution in [0.15, 0.2) is 55.6 Å². The topological polar surface area (TPSA) is 94.4 Å². The number of thiazole rings is 1. The molecular formula is C20H16N4O4S. The Morgan fingerprint density at radius 2 is 2.21 bits per heavy atom. The molecule has 146 valence electrons. The first kappa shape index (κ1) is 17.6. The van der Waals surface area contributed by atoms with Gasteiger partial charge >= 0.3 is 5.76 Å². The second-order valence-electron chi connectivity index (χ2n) is 6.70. The molecule has 4 aromatic rings. The molecule has 0 unspecified atom stereocenters. The summed E-state index contributed by atoms with van der Waals surface area (Å²) in [6.45, 7) is 2.34. The summed E-state index contributed by atoms with van der Waals surface area (Å²) >= 11 is 1.61. The minimum absolute atomic E-state index is 0.0535. The van der Waals surface area contributed by atoms with Gasteiger partial charge in [0.15, 0.2) is 5.76 Å². The molecule has 29 heavy (non-hydrogen) atoms. The van der Waals surface area contributed by atoms with Crippen LogP contribution in [0.25, 0.3) is 22.9 Å². The number of hydrogen-bond donors (Lipinski definition) is 0. The Morgan fingerprint density at radius 1 is 1.31 bits per heavy atom. The van der Waals surface area contributed by atoms with Crippen LogP contribution in [-0.2, 0) is 17.8 Å². The molecule has 0 radical (unpaired) electrons. The maximum Gasteiger partial charge on any atom is 0.437 e. The van der Waals surface area contributed by atoms with E-state index in [-0.39, 0.29) is 18.3 Å². The quantitative estimate of drug-likeness (QED) is 0.515. The Kier molecular flexibility index (Phi) is 4.17. The van der Waals surface area contributed by atoms with Crippen LogP contribution in [-0.4, -0.2) is 27.2 Å². The highest BCUT2D eigenvalue weighted by Crippen LogP contribution is 2.33. The molecule has 0 spiro atoms. The molecule has 0 bridgehead atoms. The molecular weight excluding hydrogens is 392 g/mol. The van der Waals surface area contributed by atoms with E-state index in [2.05, 4.69) is 16.1 Å². The molecule has 9 heteroatoms. The Bertz CT molecular complexity index is 1250. The number of aryl methyl sites for hydroxylation is 1. The van der Waals surface area contributed by atoms with Crippen molar-refractivity contribution in [2.24, 2.45) is 0 Å². The number of benzene rings is 1. The average Bonchev–Trinajstić information content (AvgIpc) is 3.48. The van der Waals surface area contributed by atoms with Crippen molar-refractivity contribution < 1.29 is 13.6 Å². The number of furan rings is 1. The number of aromatic nitrogens is 3. The number of fused-ring (bicyclic) bond motifs is 1. The molecule has 1 aliphatic rings. The molecule has 0 N–H and O–H groups in total. The Labute approximate surface area is 169 Å². The zero-order valence-electron chi connectivity index (χ0n) is 15.5. The SMILES string of the molecule is Cc1nc(-c2ccc3c(c2)CCN3C(=O)Cn2nc(-c3ccco3)oc2=O)cs1. The molecule has 4 heterocycles.